The molecule has 0 aromatic carbocycles. The van der Waals surface area contributed by atoms with E-state index in [2.05, 4.69) is 0 Å². The smallest absolute Gasteiger partial charge is 0.316 e. The van der Waals surface area contributed by atoms with Gasteiger partial charge in [0.2, 0.25) is 0 Å². The first-order valence-electron chi connectivity index (χ1n) is 3.66. The molecule has 2 atom stereocenters. The molecular weight excluding hydrogens is 220 g/mol. The molecule has 2 unspecified atom stereocenters. The lowest BCUT2D eigenvalue weighted by Gasteiger charge is -2.21. The Kier molecular flexibility index (Phi) is 6.06. The van der Waals surface area contributed by atoms with Crippen LogP contribution in [0.5, 0.6) is 0 Å². The summed E-state index contributed by atoms with van der Waals surface area (Å²) >= 11 is 16.7. The molecule has 0 fully saturated rings. The Morgan fingerprint density at radius 2 is 1.58 bits per heavy atom. The van der Waals surface area contributed by atoms with Crippen molar-refractivity contribution in [1.82, 2.24) is 4.90 Å². The maximum absolute atomic E-state index is 10.8. The topological polar surface area (TPSA) is 20.3 Å². The van der Waals surface area contributed by atoms with E-state index in [1.165, 1.54) is 4.90 Å². The SMILES string of the molecule is CC(Cl)CN(CC(C)Cl)C(=O)Cl. The van der Waals surface area contributed by atoms with Crippen LogP contribution in [0.2, 0.25) is 0 Å². The molecule has 0 radical (unpaired) electrons. The lowest BCUT2D eigenvalue weighted by molar-refractivity contribution is 0.222. The van der Waals surface area contributed by atoms with E-state index in [0.29, 0.717) is 13.1 Å². The number of hydrogen-bond acceptors (Lipinski definition) is 1. The van der Waals surface area contributed by atoms with Crippen molar-refractivity contribution in [3.63, 3.8) is 0 Å². The van der Waals surface area contributed by atoms with Gasteiger partial charge in [-0.15, -0.1) is 23.2 Å². The van der Waals surface area contributed by atoms with E-state index in [-0.39, 0.29) is 10.8 Å². The number of carbonyl (C=O) groups is 1. The molecule has 0 rings (SSSR count). The lowest BCUT2D eigenvalue weighted by atomic mass is 10.4. The third-order valence-corrected chi connectivity index (χ3v) is 1.71. The largest absolute Gasteiger partial charge is 0.326 e. The summed E-state index contributed by atoms with van der Waals surface area (Å²) in [5.41, 5.74) is 0. The van der Waals surface area contributed by atoms with E-state index in [1.807, 2.05) is 0 Å². The third kappa shape index (κ3) is 5.92. The summed E-state index contributed by atoms with van der Waals surface area (Å²) in [5.74, 6) is 0. The van der Waals surface area contributed by atoms with Crippen molar-refractivity contribution >= 4 is 40.2 Å². The van der Waals surface area contributed by atoms with Crippen LogP contribution in [0.3, 0.4) is 0 Å². The van der Waals surface area contributed by atoms with Crippen molar-refractivity contribution in [2.75, 3.05) is 13.1 Å². The zero-order valence-electron chi connectivity index (χ0n) is 7.06. The van der Waals surface area contributed by atoms with Gasteiger partial charge in [-0.1, -0.05) is 0 Å². The normalized spacial score (nSPS) is 15.4. The Morgan fingerprint density at radius 3 is 1.75 bits per heavy atom. The van der Waals surface area contributed by atoms with Gasteiger partial charge in [0.15, 0.2) is 0 Å². The van der Waals surface area contributed by atoms with Crippen LogP contribution in [0.1, 0.15) is 13.8 Å². The molecule has 0 N–H and O–H groups in total. The predicted molar refractivity (Wildman–Crippen MR) is 53.5 cm³/mol. The third-order valence-electron chi connectivity index (χ3n) is 1.19. The first kappa shape index (κ1) is 12.3. The van der Waals surface area contributed by atoms with Gasteiger partial charge in [-0.05, 0) is 25.4 Å². The van der Waals surface area contributed by atoms with Gasteiger partial charge in [0.25, 0.3) is 0 Å². The second-order valence-electron chi connectivity index (χ2n) is 2.72. The molecule has 12 heavy (non-hydrogen) atoms. The highest BCUT2D eigenvalue weighted by Crippen LogP contribution is 2.06. The summed E-state index contributed by atoms with van der Waals surface area (Å²) in [6.07, 6.45) is 0. The standard InChI is InChI=1S/C7H12Cl3NO/c1-5(8)3-11(7(10)12)4-6(2)9/h5-6H,3-4H2,1-2H3. The molecule has 0 aliphatic heterocycles. The van der Waals surface area contributed by atoms with Crippen LogP contribution in [0.25, 0.3) is 0 Å². The maximum atomic E-state index is 10.8. The molecule has 72 valence electrons. The molecule has 0 saturated carbocycles. The molecule has 0 aliphatic rings. The van der Waals surface area contributed by atoms with Crippen LogP contribution in [0, 0.1) is 0 Å². The monoisotopic (exact) mass is 231 g/mol. The predicted octanol–water partition coefficient (Wildman–Crippen LogP) is 2.90. The minimum absolute atomic E-state index is 0.108. The summed E-state index contributed by atoms with van der Waals surface area (Å²) in [6.45, 7) is 4.46. The maximum Gasteiger partial charge on any atom is 0.316 e. The summed E-state index contributed by atoms with van der Waals surface area (Å²) in [4.78, 5) is 12.2. The molecule has 5 heteroatoms. The Morgan fingerprint density at radius 1 is 1.25 bits per heavy atom. The summed E-state index contributed by atoms with van der Waals surface area (Å²) < 4.78 is 0. The van der Waals surface area contributed by atoms with Gasteiger partial charge in [-0.25, -0.2) is 0 Å². The second kappa shape index (κ2) is 5.90. The minimum atomic E-state index is -0.505. The molecular formula is C7H12Cl3NO. The van der Waals surface area contributed by atoms with E-state index in [1.54, 1.807) is 13.8 Å². The molecule has 0 saturated heterocycles. The van der Waals surface area contributed by atoms with Crippen LogP contribution < -0.4 is 0 Å². The summed E-state index contributed by atoms with van der Waals surface area (Å²) in [7, 11) is 0. The fraction of sp³-hybridized carbons (Fsp3) is 0.857. The number of amides is 1. The highest BCUT2D eigenvalue weighted by atomic mass is 35.5. The van der Waals surface area contributed by atoms with Gasteiger partial charge in [-0.3, -0.25) is 4.79 Å². The zero-order chi connectivity index (χ0) is 9.72. The highest BCUT2D eigenvalue weighted by molar-refractivity contribution is 6.62. The van der Waals surface area contributed by atoms with E-state index < -0.39 is 5.37 Å². The average molecular weight is 233 g/mol. The van der Waals surface area contributed by atoms with Crippen molar-refractivity contribution in [2.24, 2.45) is 0 Å². The van der Waals surface area contributed by atoms with Gasteiger partial charge < -0.3 is 4.90 Å². The molecule has 0 aromatic rings. The lowest BCUT2D eigenvalue weighted by Crippen LogP contribution is -2.35. The number of rotatable bonds is 4. The van der Waals surface area contributed by atoms with Crippen LogP contribution in [-0.4, -0.2) is 34.1 Å². The van der Waals surface area contributed by atoms with E-state index >= 15 is 0 Å². The van der Waals surface area contributed by atoms with Crippen molar-refractivity contribution in [2.45, 2.75) is 24.6 Å². The second-order valence-corrected chi connectivity index (χ2v) is 4.53. The average Bonchev–Trinajstić information content (AvgIpc) is 1.83. The molecule has 1 amide bonds. The van der Waals surface area contributed by atoms with Crippen LogP contribution in [-0.2, 0) is 0 Å². The molecule has 0 bridgehead atoms. The van der Waals surface area contributed by atoms with Crippen molar-refractivity contribution in [3.8, 4) is 0 Å². The van der Waals surface area contributed by atoms with Gasteiger partial charge in [0, 0.05) is 23.8 Å². The first-order chi connectivity index (χ1) is 5.43. The minimum Gasteiger partial charge on any atom is -0.326 e. The summed E-state index contributed by atoms with van der Waals surface area (Å²) in [6, 6.07) is 0. The van der Waals surface area contributed by atoms with Gasteiger partial charge >= 0.3 is 5.37 Å². The Bertz CT molecular complexity index is 140. The molecule has 0 heterocycles. The molecule has 0 aliphatic carbocycles. The molecule has 2 nitrogen and oxygen atoms in total. The molecule has 0 spiro atoms. The number of alkyl halides is 2. The Hall–Kier alpha value is 0.340. The van der Waals surface area contributed by atoms with Crippen molar-refractivity contribution < 1.29 is 4.79 Å². The first-order valence-corrected chi connectivity index (χ1v) is 4.91. The van der Waals surface area contributed by atoms with Crippen LogP contribution >= 0.6 is 34.8 Å². The quantitative estimate of drug-likeness (QED) is 0.415. The van der Waals surface area contributed by atoms with Crippen LogP contribution in [0.4, 0.5) is 4.79 Å². The number of halogens is 3. The fourth-order valence-electron chi connectivity index (χ4n) is 0.825. The van der Waals surface area contributed by atoms with Crippen LogP contribution in [0.15, 0.2) is 0 Å². The fourth-order valence-corrected chi connectivity index (χ4v) is 1.30. The van der Waals surface area contributed by atoms with Gasteiger partial charge in [0.05, 0.1) is 0 Å². The number of hydrogen-bond donors (Lipinski definition) is 0. The summed E-state index contributed by atoms with van der Waals surface area (Å²) in [5, 5.41) is -0.721. The van der Waals surface area contributed by atoms with E-state index in [9.17, 15) is 4.79 Å². The molecule has 0 aromatic heterocycles. The van der Waals surface area contributed by atoms with Crippen molar-refractivity contribution in [3.05, 3.63) is 0 Å². The Balaban J connectivity index is 3.96. The highest BCUT2D eigenvalue weighted by Gasteiger charge is 2.14. The van der Waals surface area contributed by atoms with E-state index in [4.69, 9.17) is 34.8 Å². The Labute approximate surface area is 87.8 Å². The van der Waals surface area contributed by atoms with Gasteiger partial charge in [-0.2, -0.15) is 0 Å². The van der Waals surface area contributed by atoms with Gasteiger partial charge in [0.1, 0.15) is 0 Å². The number of nitrogens with zero attached hydrogens (tertiary/aromatic N) is 1. The number of carbonyl (C=O) groups excluding carboxylic acids is 1. The van der Waals surface area contributed by atoms with E-state index in [0.717, 1.165) is 0 Å². The van der Waals surface area contributed by atoms with Crippen molar-refractivity contribution in [1.29, 1.82) is 0 Å². The zero-order valence-corrected chi connectivity index (χ0v) is 9.33.